The molecule has 0 N–H and O–H groups in total. The number of halogens is 2. The van der Waals surface area contributed by atoms with Crippen molar-refractivity contribution in [3.05, 3.63) is 34.3 Å². The van der Waals surface area contributed by atoms with Gasteiger partial charge in [-0.15, -0.1) is 11.6 Å². The lowest BCUT2D eigenvalue weighted by molar-refractivity contribution is 0.0992. The van der Waals surface area contributed by atoms with Crippen LogP contribution in [0.4, 0.5) is 0 Å². The van der Waals surface area contributed by atoms with Crippen LogP contribution in [0.3, 0.4) is 0 Å². The zero-order valence-electron chi connectivity index (χ0n) is 6.55. The SMILES string of the molecule is C[C@H](Cl)C(=O)c1ccc(Br)cc1. The summed E-state index contributed by atoms with van der Waals surface area (Å²) in [7, 11) is 0. The number of Topliss-reactive ketones (excluding diaryl/α,β-unsaturated/α-hetero) is 1. The van der Waals surface area contributed by atoms with Crippen LogP contribution in [0.25, 0.3) is 0 Å². The highest BCUT2D eigenvalue weighted by atomic mass is 79.9. The van der Waals surface area contributed by atoms with Crippen molar-refractivity contribution < 1.29 is 4.79 Å². The third kappa shape index (κ3) is 2.32. The van der Waals surface area contributed by atoms with E-state index < -0.39 is 5.38 Å². The molecule has 0 bridgehead atoms. The lowest BCUT2D eigenvalue weighted by atomic mass is 10.1. The van der Waals surface area contributed by atoms with Crippen LogP contribution in [0.1, 0.15) is 17.3 Å². The molecule has 64 valence electrons. The van der Waals surface area contributed by atoms with Crippen molar-refractivity contribution in [2.45, 2.75) is 12.3 Å². The van der Waals surface area contributed by atoms with E-state index in [0.717, 1.165) is 4.47 Å². The van der Waals surface area contributed by atoms with Gasteiger partial charge < -0.3 is 0 Å². The minimum absolute atomic E-state index is 0.0378. The van der Waals surface area contributed by atoms with Gasteiger partial charge in [0.2, 0.25) is 0 Å². The predicted molar refractivity (Wildman–Crippen MR) is 53.8 cm³/mol. The molecular weight excluding hydrogens is 239 g/mol. The van der Waals surface area contributed by atoms with Crippen LogP contribution < -0.4 is 0 Å². The zero-order chi connectivity index (χ0) is 9.14. The molecule has 0 radical (unpaired) electrons. The van der Waals surface area contributed by atoms with Gasteiger partial charge in [-0.2, -0.15) is 0 Å². The minimum Gasteiger partial charge on any atom is -0.293 e. The van der Waals surface area contributed by atoms with E-state index in [9.17, 15) is 4.79 Å². The molecule has 1 aromatic rings. The summed E-state index contributed by atoms with van der Waals surface area (Å²) < 4.78 is 0.960. The second-order valence-corrected chi connectivity index (χ2v) is 4.06. The van der Waals surface area contributed by atoms with Gasteiger partial charge in [0.15, 0.2) is 5.78 Å². The average molecular weight is 248 g/mol. The molecule has 1 atom stereocenters. The van der Waals surface area contributed by atoms with Crippen LogP contribution in [0.15, 0.2) is 28.7 Å². The number of alkyl halides is 1. The molecule has 3 heteroatoms. The average Bonchev–Trinajstić information content (AvgIpc) is 2.04. The second kappa shape index (κ2) is 4.06. The Morgan fingerprint density at radius 3 is 2.33 bits per heavy atom. The summed E-state index contributed by atoms with van der Waals surface area (Å²) in [4.78, 5) is 11.3. The number of rotatable bonds is 2. The van der Waals surface area contributed by atoms with Gasteiger partial charge in [0.1, 0.15) is 0 Å². The molecule has 0 heterocycles. The molecule has 12 heavy (non-hydrogen) atoms. The summed E-state index contributed by atoms with van der Waals surface area (Å²) in [6, 6.07) is 7.16. The first-order valence-electron chi connectivity index (χ1n) is 3.55. The quantitative estimate of drug-likeness (QED) is 0.579. The fourth-order valence-electron chi connectivity index (χ4n) is 0.844. The maximum absolute atomic E-state index is 11.3. The molecule has 0 aliphatic carbocycles. The summed E-state index contributed by atoms with van der Waals surface area (Å²) in [6.07, 6.45) is 0. The van der Waals surface area contributed by atoms with Crippen LogP contribution >= 0.6 is 27.5 Å². The number of hydrogen-bond acceptors (Lipinski definition) is 1. The molecule has 0 aliphatic heterocycles. The molecule has 1 aromatic carbocycles. The first-order valence-corrected chi connectivity index (χ1v) is 4.78. The van der Waals surface area contributed by atoms with Crippen molar-refractivity contribution in [2.24, 2.45) is 0 Å². The molecule has 1 nitrogen and oxygen atoms in total. The Hall–Kier alpha value is -0.340. The van der Waals surface area contributed by atoms with Gasteiger partial charge in [0.25, 0.3) is 0 Å². The zero-order valence-corrected chi connectivity index (χ0v) is 8.89. The Labute approximate surface area is 84.9 Å². The van der Waals surface area contributed by atoms with Gasteiger partial charge in [0.05, 0.1) is 5.38 Å². The van der Waals surface area contributed by atoms with E-state index in [0.29, 0.717) is 5.56 Å². The summed E-state index contributed by atoms with van der Waals surface area (Å²) in [5.41, 5.74) is 0.653. The Kier molecular flexibility index (Phi) is 3.29. The van der Waals surface area contributed by atoms with Crippen LogP contribution in [-0.4, -0.2) is 11.2 Å². The first kappa shape index (κ1) is 9.75. The number of ketones is 1. The topological polar surface area (TPSA) is 17.1 Å². The molecule has 0 fully saturated rings. The van der Waals surface area contributed by atoms with Crippen molar-refractivity contribution in [3.63, 3.8) is 0 Å². The van der Waals surface area contributed by atoms with Gasteiger partial charge in [-0.3, -0.25) is 4.79 Å². The van der Waals surface area contributed by atoms with E-state index in [2.05, 4.69) is 15.9 Å². The number of hydrogen-bond donors (Lipinski definition) is 0. The van der Waals surface area contributed by atoms with E-state index >= 15 is 0 Å². The summed E-state index contributed by atoms with van der Waals surface area (Å²) >= 11 is 8.93. The molecule has 0 aromatic heterocycles. The van der Waals surface area contributed by atoms with Gasteiger partial charge >= 0.3 is 0 Å². The smallest absolute Gasteiger partial charge is 0.180 e. The minimum atomic E-state index is -0.453. The van der Waals surface area contributed by atoms with Gasteiger partial charge in [-0.05, 0) is 19.1 Å². The highest BCUT2D eigenvalue weighted by molar-refractivity contribution is 9.10. The highest BCUT2D eigenvalue weighted by Crippen LogP contribution is 2.13. The maximum Gasteiger partial charge on any atom is 0.180 e. The third-order valence-electron chi connectivity index (χ3n) is 1.49. The second-order valence-electron chi connectivity index (χ2n) is 2.49. The number of benzene rings is 1. The Morgan fingerprint density at radius 1 is 1.42 bits per heavy atom. The Morgan fingerprint density at radius 2 is 1.92 bits per heavy atom. The van der Waals surface area contributed by atoms with Crippen LogP contribution in [-0.2, 0) is 0 Å². The van der Waals surface area contributed by atoms with Gasteiger partial charge in [0, 0.05) is 10.0 Å². The van der Waals surface area contributed by atoms with E-state index in [1.54, 1.807) is 19.1 Å². The lowest BCUT2D eigenvalue weighted by Crippen LogP contribution is -2.09. The molecule has 0 spiro atoms. The highest BCUT2D eigenvalue weighted by Gasteiger charge is 2.10. The number of carbonyl (C=O) groups excluding carboxylic acids is 1. The fourth-order valence-corrected chi connectivity index (χ4v) is 1.23. The van der Waals surface area contributed by atoms with Crippen LogP contribution in [0.5, 0.6) is 0 Å². The summed E-state index contributed by atoms with van der Waals surface area (Å²) in [5.74, 6) is -0.0378. The number of carbonyl (C=O) groups is 1. The molecule has 0 saturated heterocycles. The molecule has 0 unspecified atom stereocenters. The van der Waals surface area contributed by atoms with Crippen molar-refractivity contribution in [3.8, 4) is 0 Å². The fraction of sp³-hybridized carbons (Fsp3) is 0.222. The summed E-state index contributed by atoms with van der Waals surface area (Å²) in [6.45, 7) is 1.67. The lowest BCUT2D eigenvalue weighted by Gasteiger charge is -2.01. The van der Waals surface area contributed by atoms with Gasteiger partial charge in [-0.25, -0.2) is 0 Å². The van der Waals surface area contributed by atoms with E-state index in [1.807, 2.05) is 12.1 Å². The molecular formula is C9H8BrClO. The van der Waals surface area contributed by atoms with E-state index in [4.69, 9.17) is 11.6 Å². The van der Waals surface area contributed by atoms with Crippen molar-refractivity contribution >= 4 is 33.3 Å². The summed E-state index contributed by atoms with van der Waals surface area (Å²) in [5, 5.41) is -0.453. The third-order valence-corrected chi connectivity index (χ3v) is 2.22. The van der Waals surface area contributed by atoms with Crippen molar-refractivity contribution in [2.75, 3.05) is 0 Å². The standard InChI is InChI=1S/C9H8BrClO/c1-6(11)9(12)7-2-4-8(10)5-3-7/h2-6H,1H3/t6-/m0/s1. The van der Waals surface area contributed by atoms with Crippen LogP contribution in [0, 0.1) is 0 Å². The molecule has 0 aliphatic rings. The normalized spacial score (nSPS) is 12.6. The van der Waals surface area contributed by atoms with Crippen LogP contribution in [0.2, 0.25) is 0 Å². The maximum atomic E-state index is 11.3. The van der Waals surface area contributed by atoms with Crippen molar-refractivity contribution in [1.82, 2.24) is 0 Å². The molecule has 0 amide bonds. The largest absolute Gasteiger partial charge is 0.293 e. The van der Waals surface area contributed by atoms with Crippen molar-refractivity contribution in [1.29, 1.82) is 0 Å². The Balaban J connectivity index is 2.90. The molecule has 0 saturated carbocycles. The van der Waals surface area contributed by atoms with E-state index in [-0.39, 0.29) is 5.78 Å². The van der Waals surface area contributed by atoms with Gasteiger partial charge in [-0.1, -0.05) is 28.1 Å². The predicted octanol–water partition coefficient (Wildman–Crippen LogP) is 3.26. The first-order chi connectivity index (χ1) is 5.61. The van der Waals surface area contributed by atoms with E-state index in [1.165, 1.54) is 0 Å². The Bertz CT molecular complexity index is 279. The monoisotopic (exact) mass is 246 g/mol. The molecule has 1 rings (SSSR count).